The predicted molar refractivity (Wildman–Crippen MR) is 83.3 cm³/mol. The zero-order valence-electron chi connectivity index (χ0n) is 12.8. The normalized spacial score (nSPS) is 26.3. The molecule has 3 atom stereocenters. The third kappa shape index (κ3) is 3.06. The molecule has 0 aromatic heterocycles. The highest BCUT2D eigenvalue weighted by molar-refractivity contribution is 5.87. The second kappa shape index (κ2) is 6.02. The second-order valence-electron chi connectivity index (χ2n) is 6.12. The summed E-state index contributed by atoms with van der Waals surface area (Å²) in [7, 11) is 0. The van der Waals surface area contributed by atoms with Crippen molar-refractivity contribution in [2.45, 2.75) is 31.8 Å². The van der Waals surface area contributed by atoms with Crippen LogP contribution in [0.3, 0.4) is 0 Å². The number of hydrogen-bond acceptors (Lipinski definition) is 2. The van der Waals surface area contributed by atoms with E-state index in [1.807, 2.05) is 18.2 Å². The Kier molecular flexibility index (Phi) is 4.07. The van der Waals surface area contributed by atoms with Crippen molar-refractivity contribution < 1.29 is 19.1 Å². The molecule has 0 unspecified atom stereocenters. The van der Waals surface area contributed by atoms with Gasteiger partial charge in [-0.1, -0.05) is 30.3 Å². The van der Waals surface area contributed by atoms with E-state index >= 15 is 0 Å². The molecule has 6 heteroatoms. The molecule has 1 aliphatic carbocycles. The smallest absolute Gasteiger partial charge is 0.408 e. The van der Waals surface area contributed by atoms with Crippen molar-refractivity contribution in [1.29, 1.82) is 0 Å². The number of carbonyl (C=O) groups is 2. The van der Waals surface area contributed by atoms with E-state index in [9.17, 15) is 19.1 Å². The lowest BCUT2D eigenvalue weighted by atomic mass is 10.1. The molecule has 2 fully saturated rings. The minimum atomic E-state index is -1.08. The van der Waals surface area contributed by atoms with Crippen LogP contribution in [-0.4, -0.2) is 40.6 Å². The van der Waals surface area contributed by atoms with E-state index in [-0.39, 0.29) is 18.5 Å². The second-order valence-corrected chi connectivity index (χ2v) is 6.12. The molecule has 2 aliphatic rings. The Bertz CT molecular complexity index is 659. The standard InChI is InChI=1S/C17H19FN2O3/c1-10(11-5-3-2-4-6-11)13(18)9-19-16(21)15-8-12-7-14(12)20(15)17(22)23/h2-6,12,14-15H,7-9H2,1H3,(H,19,21)(H,22,23)/t12-,14-,15+/m1/s1. The summed E-state index contributed by atoms with van der Waals surface area (Å²) in [6.07, 6.45) is 0.287. The Morgan fingerprint density at radius 2 is 2.00 bits per heavy atom. The molecule has 23 heavy (non-hydrogen) atoms. The Hall–Kier alpha value is -2.37. The van der Waals surface area contributed by atoms with Crippen molar-refractivity contribution >= 4 is 17.6 Å². The number of halogens is 1. The van der Waals surface area contributed by atoms with Crippen molar-refractivity contribution in [3.05, 3.63) is 41.7 Å². The van der Waals surface area contributed by atoms with Gasteiger partial charge in [-0.2, -0.15) is 0 Å². The first-order chi connectivity index (χ1) is 11.0. The number of likely N-dealkylation sites (tertiary alicyclic amines) is 1. The third-order valence-corrected chi connectivity index (χ3v) is 4.66. The molecule has 1 aromatic rings. The number of carbonyl (C=O) groups excluding carboxylic acids is 1. The minimum absolute atomic E-state index is 0.0327. The Balaban J connectivity index is 1.62. The van der Waals surface area contributed by atoms with Crippen molar-refractivity contribution in [1.82, 2.24) is 10.2 Å². The van der Waals surface area contributed by atoms with Gasteiger partial charge in [-0.05, 0) is 36.8 Å². The van der Waals surface area contributed by atoms with Crippen LogP contribution >= 0.6 is 0 Å². The number of carboxylic acid groups (broad SMARTS) is 1. The molecule has 2 amide bonds. The van der Waals surface area contributed by atoms with Crippen LogP contribution in [0.15, 0.2) is 36.2 Å². The summed E-state index contributed by atoms with van der Waals surface area (Å²) < 4.78 is 14.2. The highest BCUT2D eigenvalue weighted by Crippen LogP contribution is 2.47. The van der Waals surface area contributed by atoms with Crippen molar-refractivity contribution in [2.24, 2.45) is 5.92 Å². The molecule has 3 rings (SSSR count). The lowest BCUT2D eigenvalue weighted by Gasteiger charge is -2.23. The summed E-state index contributed by atoms with van der Waals surface area (Å²) in [5.41, 5.74) is 1.23. The van der Waals surface area contributed by atoms with Gasteiger partial charge in [0.15, 0.2) is 0 Å². The third-order valence-electron chi connectivity index (χ3n) is 4.66. The average Bonchev–Trinajstić information content (AvgIpc) is 3.21. The molecule has 5 nitrogen and oxygen atoms in total. The highest BCUT2D eigenvalue weighted by Gasteiger charge is 2.56. The molecular weight excluding hydrogens is 299 g/mol. The van der Waals surface area contributed by atoms with Crippen LogP contribution in [0.5, 0.6) is 0 Å². The van der Waals surface area contributed by atoms with Crippen LogP contribution in [0.1, 0.15) is 25.3 Å². The Morgan fingerprint density at radius 3 is 2.65 bits per heavy atom. The Labute approximate surface area is 133 Å². The van der Waals surface area contributed by atoms with Crippen LogP contribution in [0.4, 0.5) is 9.18 Å². The van der Waals surface area contributed by atoms with Crippen molar-refractivity contribution in [3.8, 4) is 0 Å². The highest BCUT2D eigenvalue weighted by atomic mass is 19.1. The average molecular weight is 318 g/mol. The fourth-order valence-corrected chi connectivity index (χ4v) is 3.23. The first-order valence-electron chi connectivity index (χ1n) is 7.68. The van der Waals surface area contributed by atoms with Crippen LogP contribution < -0.4 is 5.32 Å². The van der Waals surface area contributed by atoms with Crippen molar-refractivity contribution in [2.75, 3.05) is 6.54 Å². The Morgan fingerprint density at radius 1 is 1.30 bits per heavy atom. The lowest BCUT2D eigenvalue weighted by Crippen LogP contribution is -2.47. The van der Waals surface area contributed by atoms with Gasteiger partial charge in [-0.15, -0.1) is 0 Å². The van der Waals surface area contributed by atoms with Gasteiger partial charge in [-0.25, -0.2) is 9.18 Å². The van der Waals surface area contributed by atoms with E-state index < -0.39 is 23.9 Å². The maximum atomic E-state index is 14.2. The predicted octanol–water partition coefficient (Wildman–Crippen LogP) is 2.64. The summed E-state index contributed by atoms with van der Waals surface area (Å²) >= 11 is 0. The monoisotopic (exact) mass is 318 g/mol. The summed E-state index contributed by atoms with van der Waals surface area (Å²) in [5.74, 6) is -0.557. The molecule has 2 N–H and O–H groups in total. The van der Waals surface area contributed by atoms with Gasteiger partial charge in [0, 0.05) is 6.04 Å². The quantitative estimate of drug-likeness (QED) is 0.896. The molecule has 0 spiro atoms. The molecule has 1 aromatic carbocycles. The van der Waals surface area contributed by atoms with Gasteiger partial charge in [0.05, 0.1) is 6.54 Å². The summed E-state index contributed by atoms with van der Waals surface area (Å²) in [4.78, 5) is 24.6. The number of nitrogens with one attached hydrogen (secondary N) is 1. The first-order valence-corrected chi connectivity index (χ1v) is 7.68. The molecule has 0 bridgehead atoms. The van der Waals surface area contributed by atoms with Crippen LogP contribution in [0.2, 0.25) is 0 Å². The lowest BCUT2D eigenvalue weighted by molar-refractivity contribution is -0.125. The van der Waals surface area contributed by atoms with E-state index in [0.717, 1.165) is 12.0 Å². The SMILES string of the molecule is CC(=C(F)CNC(=O)[C@@H]1C[C@H]2C[C@H]2N1C(=O)O)c1ccccc1. The van der Waals surface area contributed by atoms with Crippen molar-refractivity contribution in [3.63, 3.8) is 0 Å². The maximum absolute atomic E-state index is 14.2. The van der Waals surface area contributed by atoms with Gasteiger partial charge < -0.3 is 10.4 Å². The van der Waals surface area contributed by atoms with E-state index in [4.69, 9.17) is 0 Å². The van der Waals surface area contributed by atoms with E-state index in [1.54, 1.807) is 19.1 Å². The minimum Gasteiger partial charge on any atom is -0.465 e. The number of piperidine rings is 1. The number of allylic oxidation sites excluding steroid dienone is 1. The topological polar surface area (TPSA) is 69.6 Å². The zero-order valence-corrected chi connectivity index (χ0v) is 12.8. The van der Waals surface area contributed by atoms with E-state index in [0.29, 0.717) is 12.0 Å². The fourth-order valence-electron chi connectivity index (χ4n) is 3.23. The molecule has 0 radical (unpaired) electrons. The van der Waals surface area contributed by atoms with Crippen LogP contribution in [0, 0.1) is 5.92 Å². The van der Waals surface area contributed by atoms with Gasteiger partial charge in [0.25, 0.3) is 0 Å². The molecule has 122 valence electrons. The van der Waals surface area contributed by atoms with Crippen LogP contribution in [0.25, 0.3) is 5.57 Å². The summed E-state index contributed by atoms with van der Waals surface area (Å²) in [5, 5.41) is 11.7. The van der Waals surface area contributed by atoms with Gasteiger partial charge in [0.2, 0.25) is 5.91 Å². The van der Waals surface area contributed by atoms with Crippen LogP contribution in [-0.2, 0) is 4.79 Å². The number of nitrogens with zero attached hydrogens (tertiary/aromatic N) is 1. The van der Waals surface area contributed by atoms with E-state index in [1.165, 1.54) is 4.90 Å². The zero-order chi connectivity index (χ0) is 16.6. The van der Waals surface area contributed by atoms with Gasteiger partial charge in [-0.3, -0.25) is 9.69 Å². The largest absolute Gasteiger partial charge is 0.465 e. The molecule has 1 aliphatic heterocycles. The molecule has 1 saturated heterocycles. The number of amides is 2. The molecule has 1 heterocycles. The number of rotatable bonds is 4. The first kappa shape index (κ1) is 15.5. The number of hydrogen-bond donors (Lipinski definition) is 2. The number of fused-ring (bicyclic) bond motifs is 1. The fraction of sp³-hybridized carbons (Fsp3) is 0.412. The maximum Gasteiger partial charge on any atom is 0.408 e. The molecule has 1 saturated carbocycles. The summed E-state index contributed by atoms with van der Waals surface area (Å²) in [6.45, 7) is 1.43. The molecular formula is C17H19FN2O3. The van der Waals surface area contributed by atoms with Gasteiger partial charge >= 0.3 is 6.09 Å². The number of benzene rings is 1. The summed E-state index contributed by atoms with van der Waals surface area (Å²) in [6, 6.07) is 8.36. The van der Waals surface area contributed by atoms with Gasteiger partial charge in [0.1, 0.15) is 11.9 Å². The van der Waals surface area contributed by atoms with E-state index in [2.05, 4.69) is 5.32 Å².